The highest BCUT2D eigenvalue weighted by Crippen LogP contribution is 2.20. The highest BCUT2D eigenvalue weighted by atomic mass is 32.1. The molecule has 1 amide bonds. The molecule has 0 N–H and O–H groups in total. The summed E-state index contributed by atoms with van der Waals surface area (Å²) in [5.74, 6) is 1.77. The average molecular weight is 382 g/mol. The van der Waals surface area contributed by atoms with Crippen LogP contribution in [0.1, 0.15) is 33.5 Å². The number of nitrogens with zero attached hydrogens (tertiary/aromatic N) is 4. The molecule has 3 aromatic rings. The first-order chi connectivity index (χ1) is 13.0. The van der Waals surface area contributed by atoms with Gasteiger partial charge < -0.3 is 9.30 Å². The van der Waals surface area contributed by atoms with E-state index in [0.29, 0.717) is 22.6 Å². The predicted octanol–water partition coefficient (Wildman–Crippen LogP) is 2.39. The van der Waals surface area contributed by atoms with E-state index in [0.717, 1.165) is 15.9 Å². The number of esters is 1. The second-order valence-corrected chi connectivity index (χ2v) is 6.76. The molecule has 0 saturated heterocycles. The molecule has 3 rings (SSSR count). The standard InChI is InChI=1S/C19H18N4O3S/c1-5-9-22-14-8-7-13(18(25)26-4)11-16(14)27-19(22)20-17(24)15-10-12(3)21-23(15)6-2/h1,7-8,10-11H,6,9H2,2-4H3. The SMILES string of the molecule is C#CCn1c(=NC(=O)c2cc(C)nn2CC)sc2cc(C(=O)OC)ccc21. The summed E-state index contributed by atoms with van der Waals surface area (Å²) >= 11 is 1.29. The molecule has 0 spiro atoms. The molecule has 0 aliphatic rings. The lowest BCUT2D eigenvalue weighted by atomic mass is 10.2. The summed E-state index contributed by atoms with van der Waals surface area (Å²) in [6, 6.07) is 6.86. The Kier molecular flexibility index (Phi) is 5.23. The van der Waals surface area contributed by atoms with E-state index in [1.54, 1.807) is 33.5 Å². The fourth-order valence-electron chi connectivity index (χ4n) is 2.75. The molecule has 7 nitrogen and oxygen atoms in total. The van der Waals surface area contributed by atoms with E-state index in [9.17, 15) is 9.59 Å². The molecule has 2 heterocycles. The van der Waals surface area contributed by atoms with Crippen molar-refractivity contribution in [2.45, 2.75) is 26.9 Å². The summed E-state index contributed by atoms with van der Waals surface area (Å²) < 4.78 is 8.95. The van der Waals surface area contributed by atoms with E-state index in [2.05, 4.69) is 16.0 Å². The number of benzene rings is 1. The first-order valence-corrected chi connectivity index (χ1v) is 9.08. The molecular weight excluding hydrogens is 364 g/mol. The van der Waals surface area contributed by atoms with Crippen LogP contribution in [-0.4, -0.2) is 33.3 Å². The van der Waals surface area contributed by atoms with E-state index in [1.165, 1.54) is 18.4 Å². The highest BCUT2D eigenvalue weighted by Gasteiger charge is 2.15. The fourth-order valence-corrected chi connectivity index (χ4v) is 3.82. The third kappa shape index (κ3) is 3.55. The maximum atomic E-state index is 12.7. The number of aromatic nitrogens is 3. The minimum Gasteiger partial charge on any atom is -0.465 e. The lowest BCUT2D eigenvalue weighted by molar-refractivity contribution is 0.0601. The van der Waals surface area contributed by atoms with Gasteiger partial charge in [-0.2, -0.15) is 10.1 Å². The van der Waals surface area contributed by atoms with Crippen LogP contribution in [0.5, 0.6) is 0 Å². The Morgan fingerprint density at radius 2 is 2.15 bits per heavy atom. The van der Waals surface area contributed by atoms with Gasteiger partial charge in [-0.1, -0.05) is 17.3 Å². The van der Waals surface area contributed by atoms with Gasteiger partial charge in [-0.25, -0.2) is 4.79 Å². The van der Waals surface area contributed by atoms with Gasteiger partial charge in [-0.3, -0.25) is 9.48 Å². The van der Waals surface area contributed by atoms with Gasteiger partial charge in [-0.05, 0) is 38.1 Å². The minimum absolute atomic E-state index is 0.260. The number of ether oxygens (including phenoxy) is 1. The van der Waals surface area contributed by atoms with Crippen LogP contribution in [0.25, 0.3) is 10.2 Å². The normalized spacial score (nSPS) is 11.6. The van der Waals surface area contributed by atoms with E-state index in [1.807, 2.05) is 13.8 Å². The summed E-state index contributed by atoms with van der Waals surface area (Å²) in [5.41, 5.74) is 2.41. The van der Waals surface area contributed by atoms with Crippen LogP contribution >= 0.6 is 11.3 Å². The molecule has 0 bridgehead atoms. The van der Waals surface area contributed by atoms with Crippen LogP contribution in [0.3, 0.4) is 0 Å². The van der Waals surface area contributed by atoms with Crippen molar-refractivity contribution in [1.82, 2.24) is 14.3 Å². The van der Waals surface area contributed by atoms with E-state index < -0.39 is 5.97 Å². The second kappa shape index (κ2) is 7.60. The number of hydrogen-bond acceptors (Lipinski definition) is 5. The van der Waals surface area contributed by atoms with Crippen LogP contribution in [0.2, 0.25) is 0 Å². The molecule has 2 aromatic heterocycles. The number of rotatable bonds is 4. The summed E-state index contributed by atoms with van der Waals surface area (Å²) in [7, 11) is 1.33. The Hall–Kier alpha value is -3.18. The molecule has 138 valence electrons. The number of methoxy groups -OCH3 is 1. The number of hydrogen-bond donors (Lipinski definition) is 0. The van der Waals surface area contributed by atoms with Crippen LogP contribution < -0.4 is 4.80 Å². The Morgan fingerprint density at radius 1 is 1.37 bits per heavy atom. The average Bonchev–Trinajstić information content (AvgIpc) is 3.21. The topological polar surface area (TPSA) is 78.5 Å². The number of thiazole rings is 1. The van der Waals surface area contributed by atoms with Gasteiger partial charge in [-0.15, -0.1) is 6.42 Å². The number of fused-ring (bicyclic) bond motifs is 1. The molecule has 1 aromatic carbocycles. The lowest BCUT2D eigenvalue weighted by Crippen LogP contribution is -2.18. The van der Waals surface area contributed by atoms with Gasteiger partial charge >= 0.3 is 5.97 Å². The Morgan fingerprint density at radius 3 is 2.81 bits per heavy atom. The zero-order valence-electron chi connectivity index (χ0n) is 15.2. The Labute approximate surface area is 159 Å². The molecule has 27 heavy (non-hydrogen) atoms. The number of carbonyl (C=O) groups is 2. The number of terminal acetylenes is 1. The van der Waals surface area contributed by atoms with Gasteiger partial charge in [0.2, 0.25) is 0 Å². The van der Waals surface area contributed by atoms with Crippen molar-refractivity contribution in [2.75, 3.05) is 7.11 Å². The molecule has 0 aliphatic heterocycles. The monoisotopic (exact) mass is 382 g/mol. The van der Waals surface area contributed by atoms with Crippen molar-refractivity contribution in [1.29, 1.82) is 0 Å². The predicted molar refractivity (Wildman–Crippen MR) is 103 cm³/mol. The van der Waals surface area contributed by atoms with Gasteiger partial charge in [0.05, 0.1) is 35.1 Å². The molecule has 0 radical (unpaired) electrons. The lowest BCUT2D eigenvalue weighted by Gasteiger charge is -2.02. The van der Waals surface area contributed by atoms with E-state index >= 15 is 0 Å². The van der Waals surface area contributed by atoms with Crippen molar-refractivity contribution in [3.8, 4) is 12.3 Å². The van der Waals surface area contributed by atoms with Crippen molar-refractivity contribution in [3.63, 3.8) is 0 Å². The zero-order valence-corrected chi connectivity index (χ0v) is 16.0. The second-order valence-electron chi connectivity index (χ2n) is 5.75. The van der Waals surface area contributed by atoms with Crippen molar-refractivity contribution in [3.05, 3.63) is 46.0 Å². The third-order valence-electron chi connectivity index (χ3n) is 3.97. The quantitative estimate of drug-likeness (QED) is 0.513. The number of carbonyl (C=O) groups excluding carboxylic acids is 2. The smallest absolute Gasteiger partial charge is 0.337 e. The molecule has 0 aliphatic carbocycles. The molecule has 0 saturated carbocycles. The molecule has 8 heteroatoms. The number of aryl methyl sites for hydroxylation is 2. The van der Waals surface area contributed by atoms with Crippen molar-refractivity contribution >= 4 is 33.4 Å². The Bertz CT molecular complexity index is 1140. The number of amides is 1. The maximum Gasteiger partial charge on any atom is 0.337 e. The Balaban J connectivity index is 2.15. The molecular formula is C19H18N4O3S. The van der Waals surface area contributed by atoms with Gasteiger partial charge in [0.1, 0.15) is 5.69 Å². The van der Waals surface area contributed by atoms with E-state index in [-0.39, 0.29) is 12.5 Å². The van der Waals surface area contributed by atoms with Crippen LogP contribution in [-0.2, 0) is 17.8 Å². The van der Waals surface area contributed by atoms with Crippen molar-refractivity contribution < 1.29 is 14.3 Å². The van der Waals surface area contributed by atoms with Crippen molar-refractivity contribution in [2.24, 2.45) is 4.99 Å². The van der Waals surface area contributed by atoms with Crippen LogP contribution in [0.15, 0.2) is 29.3 Å². The summed E-state index contributed by atoms with van der Waals surface area (Å²) in [5, 5.41) is 4.28. The van der Waals surface area contributed by atoms with E-state index in [4.69, 9.17) is 11.2 Å². The largest absolute Gasteiger partial charge is 0.465 e. The molecule has 0 atom stereocenters. The molecule has 0 unspecified atom stereocenters. The fraction of sp³-hybridized carbons (Fsp3) is 0.263. The minimum atomic E-state index is -0.425. The zero-order chi connectivity index (χ0) is 19.6. The summed E-state index contributed by atoms with van der Waals surface area (Å²) in [6.45, 7) is 4.57. The highest BCUT2D eigenvalue weighted by molar-refractivity contribution is 7.16. The first kappa shape index (κ1) is 18.6. The summed E-state index contributed by atoms with van der Waals surface area (Å²) in [6.07, 6.45) is 5.49. The van der Waals surface area contributed by atoms with Crippen LogP contribution in [0.4, 0.5) is 0 Å². The van der Waals surface area contributed by atoms with Gasteiger partial charge in [0, 0.05) is 6.54 Å². The first-order valence-electron chi connectivity index (χ1n) is 8.27. The van der Waals surface area contributed by atoms with Gasteiger partial charge in [0.15, 0.2) is 4.80 Å². The summed E-state index contributed by atoms with van der Waals surface area (Å²) in [4.78, 5) is 29.2. The van der Waals surface area contributed by atoms with Crippen LogP contribution in [0, 0.1) is 19.3 Å². The maximum absolute atomic E-state index is 12.7. The van der Waals surface area contributed by atoms with Gasteiger partial charge in [0.25, 0.3) is 5.91 Å². The molecule has 0 fully saturated rings. The third-order valence-corrected chi connectivity index (χ3v) is 5.01.